The van der Waals surface area contributed by atoms with Gasteiger partial charge in [0.25, 0.3) is 11.5 Å². The number of hydrogen-bond donors (Lipinski definition) is 2. The number of hydrazine groups is 1. The molecular formula is C18H17N3O5. The summed E-state index contributed by atoms with van der Waals surface area (Å²) in [7, 11) is 1.52. The maximum absolute atomic E-state index is 12.4. The second kappa shape index (κ2) is 7.66. The van der Waals surface area contributed by atoms with E-state index in [2.05, 4.69) is 10.9 Å². The van der Waals surface area contributed by atoms with E-state index in [0.29, 0.717) is 11.1 Å². The number of ether oxygens (including phenoxy) is 1. The first-order chi connectivity index (χ1) is 12.6. The number of rotatable bonds is 5. The Morgan fingerprint density at radius 3 is 2.65 bits per heavy atom. The zero-order valence-corrected chi connectivity index (χ0v) is 14.0. The van der Waals surface area contributed by atoms with E-state index < -0.39 is 11.8 Å². The van der Waals surface area contributed by atoms with Crippen LogP contribution in [-0.4, -0.2) is 23.5 Å². The molecule has 0 aliphatic carbocycles. The summed E-state index contributed by atoms with van der Waals surface area (Å²) >= 11 is 0. The quantitative estimate of drug-likeness (QED) is 0.670. The van der Waals surface area contributed by atoms with Crippen molar-refractivity contribution in [2.45, 2.75) is 13.2 Å². The van der Waals surface area contributed by atoms with Crippen molar-refractivity contribution in [1.29, 1.82) is 0 Å². The molecule has 3 aromatic rings. The third-order valence-electron chi connectivity index (χ3n) is 3.72. The Morgan fingerprint density at radius 1 is 1.12 bits per heavy atom. The van der Waals surface area contributed by atoms with Gasteiger partial charge < -0.3 is 13.7 Å². The zero-order chi connectivity index (χ0) is 18.5. The molecule has 0 radical (unpaired) electrons. The van der Waals surface area contributed by atoms with Crippen LogP contribution < -0.4 is 16.4 Å². The summed E-state index contributed by atoms with van der Waals surface area (Å²) in [6, 6.07) is 11.8. The molecule has 0 unspecified atom stereocenters. The Hall–Kier alpha value is -3.39. The first-order valence-corrected chi connectivity index (χ1v) is 7.84. The van der Waals surface area contributed by atoms with Crippen LogP contribution in [0, 0.1) is 0 Å². The SMILES string of the molecule is COCc1c(C(=O)NNC(=O)Cn2ccccc2=O)oc2ccccc12. The van der Waals surface area contributed by atoms with Gasteiger partial charge in [-0.15, -0.1) is 0 Å². The molecule has 2 aromatic heterocycles. The molecule has 0 saturated heterocycles. The number of benzene rings is 1. The van der Waals surface area contributed by atoms with Gasteiger partial charge in [-0.2, -0.15) is 0 Å². The second-order valence-electron chi connectivity index (χ2n) is 5.51. The maximum atomic E-state index is 12.4. The van der Waals surface area contributed by atoms with E-state index >= 15 is 0 Å². The lowest BCUT2D eigenvalue weighted by Gasteiger charge is -2.08. The van der Waals surface area contributed by atoms with Crippen LogP contribution in [0.15, 0.2) is 57.9 Å². The molecule has 2 N–H and O–H groups in total. The molecule has 8 heteroatoms. The van der Waals surface area contributed by atoms with E-state index in [-0.39, 0.29) is 24.5 Å². The van der Waals surface area contributed by atoms with Crippen molar-refractivity contribution < 1.29 is 18.7 Å². The topological polar surface area (TPSA) is 103 Å². The lowest BCUT2D eigenvalue weighted by molar-refractivity contribution is -0.122. The highest BCUT2D eigenvalue weighted by atomic mass is 16.5. The smallest absolute Gasteiger partial charge is 0.305 e. The number of hydrogen-bond acceptors (Lipinski definition) is 5. The van der Waals surface area contributed by atoms with Gasteiger partial charge in [0, 0.05) is 30.3 Å². The van der Waals surface area contributed by atoms with Crippen molar-refractivity contribution in [1.82, 2.24) is 15.4 Å². The molecule has 0 atom stereocenters. The van der Waals surface area contributed by atoms with E-state index in [1.807, 2.05) is 12.1 Å². The third-order valence-corrected chi connectivity index (χ3v) is 3.72. The van der Waals surface area contributed by atoms with E-state index in [1.165, 1.54) is 23.9 Å². The van der Waals surface area contributed by atoms with Crippen molar-refractivity contribution in [3.63, 3.8) is 0 Å². The molecule has 1 aromatic carbocycles. The number of carbonyl (C=O) groups excluding carboxylic acids is 2. The Kier molecular flexibility index (Phi) is 5.14. The van der Waals surface area contributed by atoms with E-state index in [1.54, 1.807) is 24.3 Å². The number of amides is 2. The molecule has 0 fully saturated rings. The Labute approximate surface area is 148 Å². The summed E-state index contributed by atoms with van der Waals surface area (Å²) in [5.74, 6) is -1.09. The van der Waals surface area contributed by atoms with Crippen LogP contribution in [0.2, 0.25) is 0 Å². The molecule has 0 saturated carbocycles. The van der Waals surface area contributed by atoms with Crippen LogP contribution in [0.4, 0.5) is 0 Å². The summed E-state index contributed by atoms with van der Waals surface area (Å²) < 4.78 is 11.9. The highest BCUT2D eigenvalue weighted by Crippen LogP contribution is 2.26. The van der Waals surface area contributed by atoms with Crippen molar-refractivity contribution >= 4 is 22.8 Å². The van der Waals surface area contributed by atoms with Gasteiger partial charge >= 0.3 is 5.91 Å². The van der Waals surface area contributed by atoms with Gasteiger partial charge in [-0.3, -0.25) is 25.2 Å². The molecule has 134 valence electrons. The first kappa shape index (κ1) is 17.4. The number of nitrogens with one attached hydrogen (secondary N) is 2. The van der Waals surface area contributed by atoms with Crippen LogP contribution >= 0.6 is 0 Å². The minimum Gasteiger partial charge on any atom is -0.450 e. The molecule has 8 nitrogen and oxygen atoms in total. The largest absolute Gasteiger partial charge is 0.450 e. The lowest BCUT2D eigenvalue weighted by atomic mass is 10.1. The van der Waals surface area contributed by atoms with Crippen LogP contribution in [0.1, 0.15) is 16.1 Å². The van der Waals surface area contributed by atoms with Crippen molar-refractivity contribution in [2.75, 3.05) is 7.11 Å². The van der Waals surface area contributed by atoms with Crippen LogP contribution in [-0.2, 0) is 22.7 Å². The standard InChI is InChI=1S/C18H17N3O5/c1-25-11-13-12-6-2-3-7-14(12)26-17(13)18(24)20-19-15(22)10-21-9-5-4-8-16(21)23/h2-9H,10-11H2,1H3,(H,19,22)(H,20,24). The minimum absolute atomic E-state index is 0.0604. The highest BCUT2D eigenvalue weighted by Gasteiger charge is 2.20. The fourth-order valence-electron chi connectivity index (χ4n) is 2.54. The highest BCUT2D eigenvalue weighted by molar-refractivity contribution is 5.99. The van der Waals surface area contributed by atoms with Gasteiger partial charge in [-0.25, -0.2) is 0 Å². The van der Waals surface area contributed by atoms with Crippen molar-refractivity contribution in [3.05, 3.63) is 70.3 Å². The maximum Gasteiger partial charge on any atom is 0.305 e. The van der Waals surface area contributed by atoms with E-state index in [0.717, 1.165) is 5.39 Å². The monoisotopic (exact) mass is 355 g/mol. The Morgan fingerprint density at radius 2 is 1.88 bits per heavy atom. The van der Waals surface area contributed by atoms with Gasteiger partial charge in [-0.05, 0) is 12.1 Å². The number of carbonyl (C=O) groups is 2. The van der Waals surface area contributed by atoms with Crippen LogP contribution in [0.5, 0.6) is 0 Å². The van der Waals surface area contributed by atoms with Crippen molar-refractivity contribution in [3.8, 4) is 0 Å². The minimum atomic E-state index is -0.609. The molecule has 26 heavy (non-hydrogen) atoms. The average Bonchev–Trinajstić information content (AvgIpc) is 3.01. The van der Waals surface area contributed by atoms with Crippen LogP contribution in [0.3, 0.4) is 0 Å². The average molecular weight is 355 g/mol. The first-order valence-electron chi connectivity index (χ1n) is 7.84. The number of para-hydroxylation sites is 1. The predicted molar refractivity (Wildman–Crippen MR) is 93.2 cm³/mol. The van der Waals surface area contributed by atoms with Gasteiger partial charge in [0.05, 0.1) is 6.61 Å². The molecule has 0 aliphatic rings. The number of methoxy groups -OCH3 is 1. The Bertz CT molecular complexity index is 1010. The van der Waals surface area contributed by atoms with Crippen LogP contribution in [0.25, 0.3) is 11.0 Å². The molecule has 3 rings (SSSR count). The summed E-state index contributed by atoms with van der Waals surface area (Å²) in [5.41, 5.74) is 5.39. The molecule has 0 spiro atoms. The third kappa shape index (κ3) is 3.65. The molecule has 0 bridgehead atoms. The fraction of sp³-hybridized carbons (Fsp3) is 0.167. The number of aromatic nitrogens is 1. The van der Waals surface area contributed by atoms with E-state index in [4.69, 9.17) is 9.15 Å². The second-order valence-corrected chi connectivity index (χ2v) is 5.51. The number of nitrogens with zero attached hydrogens (tertiary/aromatic N) is 1. The normalized spacial score (nSPS) is 10.7. The Balaban J connectivity index is 1.71. The molecule has 2 amide bonds. The number of fused-ring (bicyclic) bond motifs is 1. The molecule has 0 aliphatic heterocycles. The summed E-state index contributed by atoms with van der Waals surface area (Å²) in [5, 5.41) is 0.765. The zero-order valence-electron chi connectivity index (χ0n) is 14.0. The van der Waals surface area contributed by atoms with Crippen molar-refractivity contribution in [2.24, 2.45) is 0 Å². The van der Waals surface area contributed by atoms with E-state index in [9.17, 15) is 14.4 Å². The lowest BCUT2D eigenvalue weighted by Crippen LogP contribution is -2.44. The van der Waals surface area contributed by atoms with Gasteiger partial charge in [-0.1, -0.05) is 24.3 Å². The summed E-state index contributed by atoms with van der Waals surface area (Å²) in [4.78, 5) is 35.9. The summed E-state index contributed by atoms with van der Waals surface area (Å²) in [6.07, 6.45) is 1.49. The summed E-state index contributed by atoms with van der Waals surface area (Å²) in [6.45, 7) is -0.0296. The van der Waals surface area contributed by atoms with Gasteiger partial charge in [0.2, 0.25) is 0 Å². The number of pyridine rings is 1. The fourth-order valence-corrected chi connectivity index (χ4v) is 2.54. The van der Waals surface area contributed by atoms with Gasteiger partial charge in [0.1, 0.15) is 12.1 Å². The molecular weight excluding hydrogens is 338 g/mol. The van der Waals surface area contributed by atoms with Gasteiger partial charge in [0.15, 0.2) is 5.76 Å². The molecule has 2 heterocycles. The predicted octanol–water partition coefficient (Wildman–Crippen LogP) is 1.20. The number of furan rings is 1.